The minimum Gasteiger partial charge on any atom is -0.386 e. The van der Waals surface area contributed by atoms with Crippen molar-refractivity contribution >= 4 is 0 Å². The van der Waals surface area contributed by atoms with Gasteiger partial charge in [0.1, 0.15) is 0 Å². The molecule has 0 aliphatic heterocycles. The quantitative estimate of drug-likeness (QED) is 0.724. The first-order chi connectivity index (χ1) is 9.74. The van der Waals surface area contributed by atoms with Gasteiger partial charge in [-0.1, -0.05) is 38.2 Å². The highest BCUT2D eigenvalue weighted by molar-refractivity contribution is 5.26. The van der Waals surface area contributed by atoms with Gasteiger partial charge in [0.2, 0.25) is 0 Å². The average molecular weight is 288 g/mol. The summed E-state index contributed by atoms with van der Waals surface area (Å²) in [4.78, 5) is 0. The Hall–Kier alpha value is -0.560. The zero-order chi connectivity index (χ0) is 15.4. The number of allylic oxidation sites excluding steroid dienone is 2. The Morgan fingerprint density at radius 3 is 2.81 bits per heavy atom. The first-order valence-electron chi connectivity index (χ1n) is 8.82. The van der Waals surface area contributed by atoms with Crippen molar-refractivity contribution in [2.75, 3.05) is 0 Å². The van der Waals surface area contributed by atoms with Crippen molar-refractivity contribution in [3.05, 3.63) is 24.3 Å². The lowest BCUT2D eigenvalue weighted by Crippen LogP contribution is -2.52. The van der Waals surface area contributed by atoms with E-state index < -0.39 is 5.60 Å². The van der Waals surface area contributed by atoms with Crippen molar-refractivity contribution in [1.29, 1.82) is 0 Å². The Labute approximate surface area is 130 Å². The Morgan fingerprint density at radius 2 is 2.14 bits per heavy atom. The molecule has 6 atom stereocenters. The molecule has 1 heteroatoms. The van der Waals surface area contributed by atoms with E-state index in [0.717, 1.165) is 36.0 Å². The largest absolute Gasteiger partial charge is 0.386 e. The van der Waals surface area contributed by atoms with Crippen molar-refractivity contribution in [3.63, 3.8) is 0 Å². The van der Waals surface area contributed by atoms with E-state index in [2.05, 4.69) is 26.5 Å². The smallest absolute Gasteiger partial charge is 0.0771 e. The molecule has 21 heavy (non-hydrogen) atoms. The number of aliphatic hydroxyl groups is 1. The van der Waals surface area contributed by atoms with Crippen molar-refractivity contribution in [2.45, 2.75) is 65.4 Å². The Kier molecular flexibility index (Phi) is 3.64. The van der Waals surface area contributed by atoms with E-state index in [1.54, 1.807) is 5.57 Å². The molecule has 0 amide bonds. The summed E-state index contributed by atoms with van der Waals surface area (Å²) in [6.45, 7) is 13.0. The van der Waals surface area contributed by atoms with Gasteiger partial charge in [0, 0.05) is 0 Å². The Balaban J connectivity index is 1.67. The Morgan fingerprint density at radius 1 is 1.43 bits per heavy atom. The lowest BCUT2D eigenvalue weighted by atomic mass is 9.47. The van der Waals surface area contributed by atoms with Crippen LogP contribution in [0.5, 0.6) is 0 Å². The summed E-state index contributed by atoms with van der Waals surface area (Å²) in [5.41, 5.74) is 1.49. The third-order valence-corrected chi connectivity index (χ3v) is 6.92. The first kappa shape index (κ1) is 15.3. The van der Waals surface area contributed by atoms with Crippen molar-refractivity contribution in [2.24, 2.45) is 35.0 Å². The van der Waals surface area contributed by atoms with Gasteiger partial charge in [0.05, 0.1) is 5.60 Å². The van der Waals surface area contributed by atoms with E-state index >= 15 is 0 Å². The van der Waals surface area contributed by atoms with Gasteiger partial charge in [-0.15, -0.1) is 0 Å². The standard InChI is InChI=1S/C20H32O/c1-13(7-6-11-19(3,4)21)15-10-12-20(5)16-9-8-14(2)17(16)18(15)20/h6,11,13,15-18,21H,2,7-10,12H2,1,3-5H3/t13-,15+,16-,17+,18-,20+/m0/s1. The van der Waals surface area contributed by atoms with Crippen molar-refractivity contribution in [3.8, 4) is 0 Å². The van der Waals surface area contributed by atoms with Gasteiger partial charge in [-0.2, -0.15) is 0 Å². The van der Waals surface area contributed by atoms with Crippen LogP contribution in [0.25, 0.3) is 0 Å². The molecule has 0 aromatic heterocycles. The van der Waals surface area contributed by atoms with E-state index in [9.17, 15) is 5.11 Å². The number of fused-ring (bicyclic) bond motifs is 4. The Bertz CT molecular complexity index is 455. The predicted molar refractivity (Wildman–Crippen MR) is 88.9 cm³/mol. The van der Waals surface area contributed by atoms with Crippen LogP contribution in [0.4, 0.5) is 0 Å². The molecule has 0 radical (unpaired) electrons. The van der Waals surface area contributed by atoms with Gasteiger partial charge < -0.3 is 5.11 Å². The van der Waals surface area contributed by atoms with Crippen molar-refractivity contribution in [1.82, 2.24) is 0 Å². The van der Waals surface area contributed by atoms with E-state index in [0.29, 0.717) is 5.41 Å². The number of rotatable bonds is 4. The summed E-state index contributed by atoms with van der Waals surface area (Å²) in [7, 11) is 0. The molecule has 0 unspecified atom stereocenters. The number of hydrogen-bond donors (Lipinski definition) is 1. The molecule has 1 nitrogen and oxygen atoms in total. The van der Waals surface area contributed by atoms with Gasteiger partial charge in [-0.3, -0.25) is 0 Å². The van der Waals surface area contributed by atoms with Crippen LogP contribution in [0.3, 0.4) is 0 Å². The molecule has 118 valence electrons. The van der Waals surface area contributed by atoms with Crippen LogP contribution in [0.15, 0.2) is 24.3 Å². The minimum absolute atomic E-state index is 0.614. The summed E-state index contributed by atoms with van der Waals surface area (Å²) in [6.07, 6.45) is 10.8. The minimum atomic E-state index is -0.675. The summed E-state index contributed by atoms with van der Waals surface area (Å²) >= 11 is 0. The SMILES string of the molecule is C=C1CC[C@H]2[C@@H]1[C@@H]1[C@@H]([C@@H](C)CC=CC(C)(C)O)CC[C@@]12C. The highest BCUT2D eigenvalue weighted by atomic mass is 16.3. The van der Waals surface area contributed by atoms with E-state index in [1.807, 2.05) is 19.9 Å². The van der Waals surface area contributed by atoms with E-state index in [4.69, 9.17) is 0 Å². The molecule has 1 N–H and O–H groups in total. The predicted octanol–water partition coefficient (Wildman–Crippen LogP) is 4.97. The second-order valence-corrected chi connectivity index (χ2v) is 8.83. The van der Waals surface area contributed by atoms with Crippen LogP contribution in [-0.4, -0.2) is 10.7 Å². The monoisotopic (exact) mass is 288 g/mol. The van der Waals surface area contributed by atoms with Gasteiger partial charge in [0.15, 0.2) is 0 Å². The highest BCUT2D eigenvalue weighted by Gasteiger charge is 2.66. The molecule has 0 aromatic rings. The molecular weight excluding hydrogens is 256 g/mol. The second kappa shape index (κ2) is 4.98. The summed E-state index contributed by atoms with van der Waals surface area (Å²) < 4.78 is 0. The third-order valence-electron chi connectivity index (χ3n) is 6.92. The summed E-state index contributed by atoms with van der Waals surface area (Å²) in [5, 5.41) is 9.80. The zero-order valence-electron chi connectivity index (χ0n) is 14.2. The average Bonchev–Trinajstić information content (AvgIpc) is 2.83. The molecule has 3 aliphatic rings. The molecule has 3 saturated carbocycles. The first-order valence-corrected chi connectivity index (χ1v) is 8.82. The van der Waals surface area contributed by atoms with Crippen LogP contribution in [0, 0.1) is 35.0 Å². The van der Waals surface area contributed by atoms with Crippen LogP contribution >= 0.6 is 0 Å². The highest BCUT2D eigenvalue weighted by Crippen LogP contribution is 2.73. The molecular formula is C20H32O. The van der Waals surface area contributed by atoms with Gasteiger partial charge in [0.25, 0.3) is 0 Å². The maximum atomic E-state index is 9.80. The van der Waals surface area contributed by atoms with Gasteiger partial charge in [-0.05, 0) is 81.0 Å². The number of hydrogen-bond acceptors (Lipinski definition) is 1. The molecule has 0 spiro atoms. The fraction of sp³-hybridized carbons (Fsp3) is 0.800. The molecule has 3 aliphatic carbocycles. The zero-order valence-corrected chi connectivity index (χ0v) is 14.2. The molecule has 0 saturated heterocycles. The second-order valence-electron chi connectivity index (χ2n) is 8.83. The molecule has 3 fully saturated rings. The molecule has 0 heterocycles. The lowest BCUT2D eigenvalue weighted by molar-refractivity contribution is -0.0781. The van der Waals surface area contributed by atoms with E-state index in [1.165, 1.54) is 25.7 Å². The lowest BCUT2D eigenvalue weighted by Gasteiger charge is -2.57. The van der Waals surface area contributed by atoms with Crippen LogP contribution in [-0.2, 0) is 0 Å². The molecule has 0 bridgehead atoms. The summed E-state index contributed by atoms with van der Waals surface area (Å²) in [5.74, 6) is 4.26. The van der Waals surface area contributed by atoms with Crippen LogP contribution < -0.4 is 0 Å². The normalized spacial score (nSPS) is 43.8. The fourth-order valence-corrected chi connectivity index (χ4v) is 5.90. The topological polar surface area (TPSA) is 20.2 Å². The van der Waals surface area contributed by atoms with Gasteiger partial charge in [-0.25, -0.2) is 0 Å². The fourth-order valence-electron chi connectivity index (χ4n) is 5.90. The molecule has 3 rings (SSSR count). The maximum absolute atomic E-state index is 9.80. The van der Waals surface area contributed by atoms with Crippen molar-refractivity contribution < 1.29 is 5.11 Å². The summed E-state index contributed by atoms with van der Waals surface area (Å²) in [6, 6.07) is 0. The third kappa shape index (κ3) is 2.42. The van der Waals surface area contributed by atoms with Crippen LogP contribution in [0.1, 0.15) is 59.8 Å². The van der Waals surface area contributed by atoms with Crippen LogP contribution in [0.2, 0.25) is 0 Å². The van der Waals surface area contributed by atoms with E-state index in [-0.39, 0.29) is 0 Å². The molecule has 0 aromatic carbocycles. The maximum Gasteiger partial charge on any atom is 0.0771 e. The van der Waals surface area contributed by atoms with Gasteiger partial charge >= 0.3 is 0 Å².